The molecule has 0 fully saturated rings. The van der Waals surface area contributed by atoms with Crippen molar-refractivity contribution in [2.75, 3.05) is 6.61 Å². The fraction of sp³-hybridized carbons (Fsp3) is 0.417. The smallest absolute Gasteiger partial charge is 0.319 e. The molecule has 0 saturated heterocycles. The second kappa shape index (κ2) is 6.87. The lowest BCUT2D eigenvalue weighted by Gasteiger charge is -2.13. The maximum absolute atomic E-state index is 13.0. The van der Waals surface area contributed by atoms with Crippen LogP contribution in [0.5, 0.6) is 0 Å². The lowest BCUT2D eigenvalue weighted by molar-refractivity contribution is -0.142. The monoisotopic (exact) mass is 276 g/mol. The number of halogens is 2. The summed E-state index contributed by atoms with van der Waals surface area (Å²) in [6.07, 6.45) is 0.651. The van der Waals surface area contributed by atoms with E-state index in [0.717, 1.165) is 4.90 Å². The predicted octanol–water partition coefficient (Wildman–Crippen LogP) is 3.91. The van der Waals surface area contributed by atoms with Crippen LogP contribution in [0.4, 0.5) is 4.39 Å². The van der Waals surface area contributed by atoms with Crippen molar-refractivity contribution in [3.8, 4) is 0 Å². The summed E-state index contributed by atoms with van der Waals surface area (Å²) in [5.41, 5.74) is 0. The van der Waals surface area contributed by atoms with E-state index < -0.39 is 5.82 Å². The zero-order chi connectivity index (χ0) is 12.8. The third-order valence-electron chi connectivity index (χ3n) is 2.09. The molecule has 1 atom stereocenters. The number of esters is 1. The number of carbonyl (C=O) groups is 1. The van der Waals surface area contributed by atoms with Gasteiger partial charge in [-0.3, -0.25) is 4.79 Å². The van der Waals surface area contributed by atoms with Gasteiger partial charge in [0.15, 0.2) is 0 Å². The molecule has 0 aliphatic carbocycles. The van der Waals surface area contributed by atoms with E-state index in [-0.39, 0.29) is 16.2 Å². The Morgan fingerprint density at radius 2 is 2.24 bits per heavy atom. The molecule has 0 amide bonds. The number of hydrogen-bond donors (Lipinski definition) is 0. The molecule has 5 heteroatoms. The summed E-state index contributed by atoms with van der Waals surface area (Å²) in [4.78, 5) is 12.3. The summed E-state index contributed by atoms with van der Waals surface area (Å²) in [7, 11) is 0. The van der Waals surface area contributed by atoms with E-state index in [1.54, 1.807) is 13.0 Å². The van der Waals surface area contributed by atoms with Crippen molar-refractivity contribution >= 4 is 29.3 Å². The van der Waals surface area contributed by atoms with Gasteiger partial charge < -0.3 is 4.74 Å². The van der Waals surface area contributed by atoms with E-state index in [2.05, 4.69) is 0 Å². The Morgan fingerprint density at radius 3 is 2.76 bits per heavy atom. The number of hydrogen-bond acceptors (Lipinski definition) is 3. The van der Waals surface area contributed by atoms with Crippen LogP contribution in [0.2, 0.25) is 5.02 Å². The molecule has 0 bridgehead atoms. The van der Waals surface area contributed by atoms with Crippen LogP contribution < -0.4 is 0 Å². The summed E-state index contributed by atoms with van der Waals surface area (Å²) in [5, 5.41) is -0.217. The SMILES string of the molecule is CCOC(=O)C(CC)Sc1ccc(F)c(Cl)c1. The molecule has 1 rings (SSSR count). The Kier molecular flexibility index (Phi) is 5.78. The van der Waals surface area contributed by atoms with E-state index in [9.17, 15) is 9.18 Å². The van der Waals surface area contributed by atoms with E-state index in [1.165, 1.54) is 23.9 Å². The highest BCUT2D eigenvalue weighted by molar-refractivity contribution is 8.00. The standard InChI is InChI=1S/C12H14ClFO2S/c1-3-11(12(15)16-4-2)17-8-5-6-10(14)9(13)7-8/h5-7,11H,3-4H2,1-2H3. The van der Waals surface area contributed by atoms with Crippen LogP contribution in [-0.2, 0) is 9.53 Å². The van der Waals surface area contributed by atoms with Crippen LogP contribution in [0, 0.1) is 5.82 Å². The number of ether oxygens (including phenoxy) is 1. The number of rotatable bonds is 5. The zero-order valence-electron chi connectivity index (χ0n) is 9.70. The van der Waals surface area contributed by atoms with Crippen LogP contribution >= 0.6 is 23.4 Å². The van der Waals surface area contributed by atoms with E-state index in [4.69, 9.17) is 16.3 Å². The van der Waals surface area contributed by atoms with E-state index in [0.29, 0.717) is 13.0 Å². The van der Waals surface area contributed by atoms with Gasteiger partial charge in [0.05, 0.1) is 11.6 Å². The molecule has 94 valence electrons. The Labute approximate surface area is 109 Å². The lowest BCUT2D eigenvalue weighted by atomic mass is 10.3. The molecular weight excluding hydrogens is 263 g/mol. The van der Waals surface area contributed by atoms with Crippen molar-refractivity contribution in [2.24, 2.45) is 0 Å². The van der Waals surface area contributed by atoms with Gasteiger partial charge in [0, 0.05) is 4.90 Å². The molecule has 0 N–H and O–H groups in total. The Bertz CT molecular complexity index is 398. The summed E-state index contributed by atoms with van der Waals surface area (Å²) < 4.78 is 17.9. The van der Waals surface area contributed by atoms with Gasteiger partial charge in [-0.15, -0.1) is 11.8 Å². The first-order chi connectivity index (χ1) is 8.08. The molecule has 17 heavy (non-hydrogen) atoms. The Morgan fingerprint density at radius 1 is 1.53 bits per heavy atom. The maximum atomic E-state index is 13.0. The third kappa shape index (κ3) is 4.21. The average Bonchev–Trinajstić information content (AvgIpc) is 2.30. The van der Waals surface area contributed by atoms with Crippen molar-refractivity contribution in [1.29, 1.82) is 0 Å². The van der Waals surface area contributed by atoms with E-state index in [1.807, 2.05) is 6.92 Å². The molecule has 1 aromatic rings. The van der Waals surface area contributed by atoms with Crippen LogP contribution in [-0.4, -0.2) is 17.8 Å². The molecule has 0 spiro atoms. The average molecular weight is 277 g/mol. The highest BCUT2D eigenvalue weighted by Gasteiger charge is 2.19. The first-order valence-corrected chi connectivity index (χ1v) is 6.62. The van der Waals surface area contributed by atoms with Crippen molar-refractivity contribution in [3.05, 3.63) is 29.0 Å². The normalized spacial score (nSPS) is 12.2. The topological polar surface area (TPSA) is 26.3 Å². The summed E-state index contributed by atoms with van der Waals surface area (Å²) in [6, 6.07) is 4.42. The minimum Gasteiger partial charge on any atom is -0.465 e. The fourth-order valence-corrected chi connectivity index (χ4v) is 2.48. The van der Waals surface area contributed by atoms with Gasteiger partial charge in [-0.25, -0.2) is 4.39 Å². The van der Waals surface area contributed by atoms with Gasteiger partial charge in [-0.05, 0) is 31.5 Å². The van der Waals surface area contributed by atoms with Crippen molar-refractivity contribution < 1.29 is 13.9 Å². The van der Waals surface area contributed by atoms with Crippen molar-refractivity contribution in [1.82, 2.24) is 0 Å². The number of thioether (sulfide) groups is 1. The summed E-state index contributed by atoms with van der Waals surface area (Å²) in [6.45, 7) is 4.03. The fourth-order valence-electron chi connectivity index (χ4n) is 1.25. The van der Waals surface area contributed by atoms with Crippen molar-refractivity contribution in [2.45, 2.75) is 30.4 Å². The minimum absolute atomic E-state index is 0.0636. The zero-order valence-corrected chi connectivity index (χ0v) is 11.3. The third-order valence-corrected chi connectivity index (χ3v) is 3.72. The second-order valence-electron chi connectivity index (χ2n) is 3.34. The largest absolute Gasteiger partial charge is 0.465 e. The summed E-state index contributed by atoms with van der Waals surface area (Å²) >= 11 is 7.01. The Hall–Kier alpha value is -0.740. The van der Waals surface area contributed by atoms with Crippen LogP contribution in [0.3, 0.4) is 0 Å². The minimum atomic E-state index is -0.458. The molecule has 0 saturated carbocycles. The van der Waals surface area contributed by atoms with Gasteiger partial charge in [-0.1, -0.05) is 18.5 Å². The molecule has 0 heterocycles. The number of carbonyl (C=O) groups excluding carboxylic acids is 1. The van der Waals surface area contributed by atoms with Gasteiger partial charge in [0.25, 0.3) is 0 Å². The van der Waals surface area contributed by atoms with Crippen molar-refractivity contribution in [3.63, 3.8) is 0 Å². The molecular formula is C12H14ClFO2S. The first-order valence-electron chi connectivity index (χ1n) is 5.36. The molecule has 0 radical (unpaired) electrons. The lowest BCUT2D eigenvalue weighted by Crippen LogP contribution is -2.19. The van der Waals surface area contributed by atoms with Crippen LogP contribution in [0.15, 0.2) is 23.1 Å². The first kappa shape index (κ1) is 14.3. The molecule has 1 aromatic carbocycles. The second-order valence-corrected chi connectivity index (χ2v) is 5.03. The number of benzene rings is 1. The quantitative estimate of drug-likeness (QED) is 0.602. The summed E-state index contributed by atoms with van der Waals surface area (Å²) in [5.74, 6) is -0.708. The van der Waals surface area contributed by atoms with Gasteiger partial charge >= 0.3 is 5.97 Å². The molecule has 0 aliphatic heterocycles. The highest BCUT2D eigenvalue weighted by atomic mass is 35.5. The maximum Gasteiger partial charge on any atom is 0.319 e. The molecule has 1 unspecified atom stereocenters. The van der Waals surface area contributed by atoms with Gasteiger partial charge in [0.1, 0.15) is 11.1 Å². The molecule has 0 aromatic heterocycles. The van der Waals surface area contributed by atoms with Gasteiger partial charge in [-0.2, -0.15) is 0 Å². The van der Waals surface area contributed by atoms with Crippen LogP contribution in [0.25, 0.3) is 0 Å². The van der Waals surface area contributed by atoms with Gasteiger partial charge in [0.2, 0.25) is 0 Å². The van der Waals surface area contributed by atoms with E-state index >= 15 is 0 Å². The van der Waals surface area contributed by atoms with Crippen LogP contribution in [0.1, 0.15) is 20.3 Å². The predicted molar refractivity (Wildman–Crippen MR) is 68.0 cm³/mol. The Balaban J connectivity index is 2.73. The molecule has 2 nitrogen and oxygen atoms in total. The highest BCUT2D eigenvalue weighted by Crippen LogP contribution is 2.29. The molecule has 0 aliphatic rings.